The van der Waals surface area contributed by atoms with Crippen molar-refractivity contribution in [3.63, 3.8) is 0 Å². The Labute approximate surface area is 183 Å². The average molecular weight is 445 g/mol. The first-order chi connectivity index (χ1) is 14.5. The quantitative estimate of drug-likeness (QED) is 0.409. The minimum absolute atomic E-state index is 0.159. The molecule has 1 amide bonds. The molecule has 0 aliphatic carbocycles. The van der Waals surface area contributed by atoms with E-state index in [4.69, 9.17) is 4.74 Å². The van der Waals surface area contributed by atoms with Crippen LogP contribution in [-0.2, 0) is 22.5 Å². The number of hydrogen-bond acceptors (Lipinski definition) is 7. The molecule has 30 heavy (non-hydrogen) atoms. The number of carbonyl (C=O) groups excluding carboxylic acids is 2. The predicted octanol–water partition coefficient (Wildman–Crippen LogP) is 4.41. The maximum atomic E-state index is 12.5. The van der Waals surface area contributed by atoms with Crippen LogP contribution in [-0.4, -0.2) is 39.5 Å². The lowest BCUT2D eigenvalue weighted by atomic mass is 10.1. The number of carbonyl (C=O) groups is 2. The molecule has 1 N–H and O–H groups in total. The lowest BCUT2D eigenvalue weighted by Gasteiger charge is -2.08. The van der Waals surface area contributed by atoms with Gasteiger partial charge >= 0.3 is 5.97 Å². The summed E-state index contributed by atoms with van der Waals surface area (Å²) in [6.45, 7) is 6.75. The summed E-state index contributed by atoms with van der Waals surface area (Å²) in [6, 6.07) is 9.85. The van der Waals surface area contributed by atoms with Crippen molar-refractivity contribution in [1.82, 2.24) is 14.8 Å². The van der Waals surface area contributed by atoms with Crippen molar-refractivity contribution in [2.75, 3.05) is 18.2 Å². The third-order valence-corrected chi connectivity index (χ3v) is 6.59. The van der Waals surface area contributed by atoms with Gasteiger partial charge in [-0.15, -0.1) is 21.5 Å². The standard InChI is InChI=1S/C21H24N4O3S2/c1-5-15-11-16(20(27)28-4)19(30-15)22-17(26)12-29-21-24-23-18(25(21)6-2)14-9-7-8-13(3)10-14/h7-11H,5-6,12H2,1-4H3,(H,22,26). The zero-order chi connectivity index (χ0) is 21.7. The topological polar surface area (TPSA) is 86.1 Å². The molecule has 0 saturated heterocycles. The summed E-state index contributed by atoms with van der Waals surface area (Å²) in [5.41, 5.74) is 2.53. The first-order valence-electron chi connectivity index (χ1n) is 9.60. The van der Waals surface area contributed by atoms with Crippen molar-refractivity contribution >= 4 is 40.0 Å². The summed E-state index contributed by atoms with van der Waals surface area (Å²) in [7, 11) is 1.33. The van der Waals surface area contributed by atoms with E-state index in [0.29, 0.717) is 22.3 Å². The van der Waals surface area contributed by atoms with Crippen molar-refractivity contribution in [2.45, 2.75) is 38.9 Å². The van der Waals surface area contributed by atoms with Crippen LogP contribution in [0.4, 0.5) is 5.00 Å². The van der Waals surface area contributed by atoms with Crippen LogP contribution in [0.25, 0.3) is 11.4 Å². The number of rotatable bonds is 8. The van der Waals surface area contributed by atoms with Gasteiger partial charge < -0.3 is 14.6 Å². The van der Waals surface area contributed by atoms with Crippen molar-refractivity contribution in [2.24, 2.45) is 0 Å². The van der Waals surface area contributed by atoms with Crippen molar-refractivity contribution in [1.29, 1.82) is 0 Å². The molecule has 2 heterocycles. The van der Waals surface area contributed by atoms with E-state index in [1.54, 1.807) is 6.07 Å². The summed E-state index contributed by atoms with van der Waals surface area (Å²) in [4.78, 5) is 25.5. The fourth-order valence-electron chi connectivity index (χ4n) is 2.94. The minimum Gasteiger partial charge on any atom is -0.465 e. The minimum atomic E-state index is -0.456. The van der Waals surface area contributed by atoms with Crippen molar-refractivity contribution in [3.8, 4) is 11.4 Å². The number of methoxy groups -OCH3 is 1. The zero-order valence-electron chi connectivity index (χ0n) is 17.4. The highest BCUT2D eigenvalue weighted by molar-refractivity contribution is 7.99. The molecule has 3 aromatic rings. The van der Waals surface area contributed by atoms with E-state index in [-0.39, 0.29) is 11.7 Å². The van der Waals surface area contributed by atoms with E-state index in [0.717, 1.165) is 28.2 Å². The fourth-order valence-corrected chi connectivity index (χ4v) is 4.74. The molecule has 3 rings (SSSR count). The number of hydrogen-bond donors (Lipinski definition) is 1. The SMILES string of the molecule is CCc1cc(C(=O)OC)c(NC(=O)CSc2nnc(-c3cccc(C)c3)n2CC)s1. The van der Waals surface area contributed by atoms with Crippen LogP contribution in [0.3, 0.4) is 0 Å². The summed E-state index contributed by atoms with van der Waals surface area (Å²) in [5, 5.41) is 12.6. The summed E-state index contributed by atoms with van der Waals surface area (Å²) >= 11 is 2.71. The van der Waals surface area contributed by atoms with Gasteiger partial charge in [-0.05, 0) is 32.4 Å². The molecule has 0 fully saturated rings. The van der Waals surface area contributed by atoms with Crippen LogP contribution in [0.5, 0.6) is 0 Å². The number of thioether (sulfide) groups is 1. The van der Waals surface area contributed by atoms with Gasteiger partial charge in [-0.2, -0.15) is 0 Å². The number of nitrogens with one attached hydrogen (secondary N) is 1. The maximum absolute atomic E-state index is 12.5. The molecule has 0 unspecified atom stereocenters. The van der Waals surface area contributed by atoms with Crippen LogP contribution in [0.2, 0.25) is 0 Å². The van der Waals surface area contributed by atoms with Crippen molar-refractivity contribution < 1.29 is 14.3 Å². The predicted molar refractivity (Wildman–Crippen MR) is 120 cm³/mol. The lowest BCUT2D eigenvalue weighted by Crippen LogP contribution is -2.16. The van der Waals surface area contributed by atoms with Crippen LogP contribution in [0.1, 0.15) is 34.6 Å². The second kappa shape index (κ2) is 9.90. The monoisotopic (exact) mass is 444 g/mol. The molecule has 158 valence electrons. The highest BCUT2D eigenvalue weighted by Gasteiger charge is 2.19. The molecule has 9 heteroatoms. The number of aryl methyl sites for hydroxylation is 2. The van der Waals surface area contributed by atoms with Crippen LogP contribution in [0, 0.1) is 6.92 Å². The molecule has 0 aliphatic heterocycles. The number of nitrogens with zero attached hydrogens (tertiary/aromatic N) is 3. The van der Waals surface area contributed by atoms with Gasteiger partial charge in [0.05, 0.1) is 18.4 Å². The maximum Gasteiger partial charge on any atom is 0.340 e. The third-order valence-electron chi connectivity index (χ3n) is 4.43. The van der Waals surface area contributed by atoms with Gasteiger partial charge in [0.2, 0.25) is 5.91 Å². The first-order valence-corrected chi connectivity index (χ1v) is 11.4. The number of thiophene rings is 1. The van der Waals surface area contributed by atoms with Gasteiger partial charge in [-0.3, -0.25) is 4.79 Å². The van der Waals surface area contributed by atoms with E-state index >= 15 is 0 Å². The Morgan fingerprint density at radius 1 is 1.23 bits per heavy atom. The molecular formula is C21H24N4O3S2. The Hall–Kier alpha value is -2.65. The molecule has 2 aromatic heterocycles. The molecule has 0 bridgehead atoms. The lowest BCUT2D eigenvalue weighted by molar-refractivity contribution is -0.113. The van der Waals surface area contributed by atoms with Gasteiger partial charge in [-0.25, -0.2) is 4.79 Å². The largest absolute Gasteiger partial charge is 0.465 e. The van der Waals surface area contributed by atoms with Gasteiger partial charge in [0.1, 0.15) is 5.00 Å². The third kappa shape index (κ3) is 4.91. The van der Waals surface area contributed by atoms with Crippen LogP contribution < -0.4 is 5.32 Å². The van der Waals surface area contributed by atoms with Gasteiger partial charge in [0, 0.05) is 17.0 Å². The van der Waals surface area contributed by atoms with Crippen LogP contribution >= 0.6 is 23.1 Å². The molecule has 7 nitrogen and oxygen atoms in total. The van der Waals surface area contributed by atoms with Gasteiger partial charge in [-0.1, -0.05) is 42.4 Å². The smallest absolute Gasteiger partial charge is 0.340 e. The second-order valence-electron chi connectivity index (χ2n) is 6.56. The normalized spacial score (nSPS) is 10.8. The van der Waals surface area contributed by atoms with E-state index in [2.05, 4.69) is 21.6 Å². The highest BCUT2D eigenvalue weighted by Crippen LogP contribution is 2.30. The number of benzene rings is 1. The number of amides is 1. The van der Waals surface area contributed by atoms with E-state index < -0.39 is 5.97 Å². The second-order valence-corrected chi connectivity index (χ2v) is 8.64. The number of aromatic nitrogens is 3. The Morgan fingerprint density at radius 2 is 2.03 bits per heavy atom. The zero-order valence-corrected chi connectivity index (χ0v) is 19.0. The van der Waals surface area contributed by atoms with Crippen LogP contribution in [0.15, 0.2) is 35.5 Å². The molecular weight excluding hydrogens is 420 g/mol. The molecule has 0 radical (unpaired) electrons. The molecule has 1 aromatic carbocycles. The highest BCUT2D eigenvalue weighted by atomic mass is 32.2. The fraction of sp³-hybridized carbons (Fsp3) is 0.333. The average Bonchev–Trinajstić information content (AvgIpc) is 3.35. The molecule has 0 saturated carbocycles. The molecule has 0 spiro atoms. The Bertz CT molecular complexity index is 1060. The van der Waals surface area contributed by atoms with Gasteiger partial charge in [0.15, 0.2) is 11.0 Å². The molecule has 0 aliphatic rings. The molecule has 0 atom stereocenters. The Kier molecular flexibility index (Phi) is 7.28. The van der Waals surface area contributed by atoms with E-state index in [1.165, 1.54) is 30.2 Å². The summed E-state index contributed by atoms with van der Waals surface area (Å²) in [6.07, 6.45) is 0.778. The van der Waals surface area contributed by atoms with Gasteiger partial charge in [0.25, 0.3) is 0 Å². The summed E-state index contributed by atoms with van der Waals surface area (Å²) in [5.74, 6) is 0.272. The van der Waals surface area contributed by atoms with E-state index in [9.17, 15) is 9.59 Å². The number of ether oxygens (including phenoxy) is 1. The van der Waals surface area contributed by atoms with E-state index in [1.807, 2.05) is 43.5 Å². The van der Waals surface area contributed by atoms with Crippen molar-refractivity contribution in [3.05, 3.63) is 46.3 Å². The Balaban J connectivity index is 1.71. The Morgan fingerprint density at radius 3 is 2.70 bits per heavy atom. The number of anilines is 1. The number of esters is 1. The first kappa shape index (κ1) is 22.0. The summed E-state index contributed by atoms with van der Waals surface area (Å²) < 4.78 is 6.81.